The molecule has 0 spiro atoms. The molecule has 0 N–H and O–H groups in total. The van der Waals surface area contributed by atoms with Gasteiger partial charge in [0.15, 0.2) is 0 Å². The number of carbonyl (C=O) groups excluding carboxylic acids is 1. The van der Waals surface area contributed by atoms with E-state index in [-0.39, 0.29) is 5.97 Å². The summed E-state index contributed by atoms with van der Waals surface area (Å²) in [5, 5.41) is 0. The van der Waals surface area contributed by atoms with Gasteiger partial charge >= 0.3 is 5.97 Å². The predicted molar refractivity (Wildman–Crippen MR) is 77.6 cm³/mol. The molecule has 0 saturated carbocycles. The molecule has 0 saturated heterocycles. The van der Waals surface area contributed by atoms with Crippen LogP contribution in [0.1, 0.15) is 30.7 Å². The molecular weight excluding hydrogens is 252 g/mol. The highest BCUT2D eigenvalue weighted by atomic mass is 16.5. The van der Waals surface area contributed by atoms with Gasteiger partial charge in [0.25, 0.3) is 0 Å². The minimum absolute atomic E-state index is 0.222. The molecule has 20 heavy (non-hydrogen) atoms. The Morgan fingerprint density at radius 2 is 1.95 bits per heavy atom. The van der Waals surface area contributed by atoms with Crippen LogP contribution in [0, 0.1) is 6.92 Å². The van der Waals surface area contributed by atoms with Crippen molar-refractivity contribution in [3.8, 4) is 0 Å². The third-order valence-electron chi connectivity index (χ3n) is 3.52. The number of rotatable bonds is 5. The van der Waals surface area contributed by atoms with Crippen molar-refractivity contribution in [1.82, 2.24) is 0 Å². The molecule has 1 unspecified atom stereocenters. The zero-order chi connectivity index (χ0) is 14.6. The lowest BCUT2D eigenvalue weighted by atomic mass is 9.78. The zero-order valence-electron chi connectivity index (χ0n) is 12.2. The van der Waals surface area contributed by atoms with E-state index in [4.69, 9.17) is 9.15 Å². The molecule has 0 aliphatic rings. The summed E-state index contributed by atoms with van der Waals surface area (Å²) in [6, 6.07) is 11.7. The molecular formula is C17H20O3. The van der Waals surface area contributed by atoms with Crippen LogP contribution < -0.4 is 0 Å². The van der Waals surface area contributed by atoms with Crippen molar-refractivity contribution < 1.29 is 13.9 Å². The van der Waals surface area contributed by atoms with Crippen LogP contribution >= 0.6 is 0 Å². The number of esters is 1. The van der Waals surface area contributed by atoms with E-state index >= 15 is 0 Å². The molecule has 0 radical (unpaired) electrons. The van der Waals surface area contributed by atoms with Crippen molar-refractivity contribution >= 4 is 5.97 Å². The topological polar surface area (TPSA) is 39.4 Å². The number of aryl methyl sites for hydroxylation is 1. The monoisotopic (exact) mass is 272 g/mol. The summed E-state index contributed by atoms with van der Waals surface area (Å²) in [5.41, 5.74) is 1.37. The van der Waals surface area contributed by atoms with Crippen molar-refractivity contribution in [3.63, 3.8) is 0 Å². The molecule has 1 atom stereocenters. The number of hydrogen-bond acceptors (Lipinski definition) is 3. The van der Waals surface area contributed by atoms with Crippen LogP contribution in [-0.2, 0) is 21.4 Å². The standard InChI is InChI=1S/C17H20O3/c1-4-19-16(18)17(3,12-15-6-5-11-20-15)14-9-7-13(2)8-10-14/h5-11H,4,12H2,1-3H3. The molecule has 0 fully saturated rings. The van der Waals surface area contributed by atoms with Crippen LogP contribution in [0.2, 0.25) is 0 Å². The second kappa shape index (κ2) is 5.95. The second-order valence-electron chi connectivity index (χ2n) is 5.17. The summed E-state index contributed by atoms with van der Waals surface area (Å²) >= 11 is 0. The number of hydrogen-bond donors (Lipinski definition) is 0. The van der Waals surface area contributed by atoms with E-state index in [0.717, 1.165) is 16.9 Å². The van der Waals surface area contributed by atoms with E-state index in [1.807, 2.05) is 57.2 Å². The van der Waals surface area contributed by atoms with Crippen molar-refractivity contribution in [2.24, 2.45) is 0 Å². The van der Waals surface area contributed by atoms with E-state index in [2.05, 4.69) is 0 Å². The molecule has 2 aromatic rings. The molecule has 0 aliphatic heterocycles. The third-order valence-corrected chi connectivity index (χ3v) is 3.52. The van der Waals surface area contributed by atoms with Gasteiger partial charge in [0.1, 0.15) is 5.76 Å². The average Bonchev–Trinajstić information content (AvgIpc) is 2.92. The van der Waals surface area contributed by atoms with Crippen LogP contribution in [0.25, 0.3) is 0 Å². The fourth-order valence-electron chi connectivity index (χ4n) is 2.27. The van der Waals surface area contributed by atoms with Gasteiger partial charge in [-0.1, -0.05) is 29.8 Å². The number of carbonyl (C=O) groups is 1. The van der Waals surface area contributed by atoms with Gasteiger partial charge in [-0.15, -0.1) is 0 Å². The van der Waals surface area contributed by atoms with Crippen molar-refractivity contribution in [1.29, 1.82) is 0 Å². The molecule has 3 nitrogen and oxygen atoms in total. The van der Waals surface area contributed by atoms with Gasteiger partial charge in [-0.3, -0.25) is 4.79 Å². The molecule has 1 heterocycles. The molecule has 0 amide bonds. The van der Waals surface area contributed by atoms with Gasteiger partial charge in [0, 0.05) is 6.42 Å². The van der Waals surface area contributed by atoms with Crippen molar-refractivity contribution in [3.05, 3.63) is 59.5 Å². The molecule has 3 heteroatoms. The highest BCUT2D eigenvalue weighted by molar-refractivity contribution is 5.83. The van der Waals surface area contributed by atoms with Gasteiger partial charge in [-0.25, -0.2) is 0 Å². The van der Waals surface area contributed by atoms with Crippen LogP contribution in [0.3, 0.4) is 0 Å². The summed E-state index contributed by atoms with van der Waals surface area (Å²) in [6.07, 6.45) is 2.11. The summed E-state index contributed by atoms with van der Waals surface area (Å²) in [4.78, 5) is 12.4. The maximum absolute atomic E-state index is 12.4. The highest BCUT2D eigenvalue weighted by Gasteiger charge is 2.37. The summed E-state index contributed by atoms with van der Waals surface area (Å²) in [7, 11) is 0. The molecule has 1 aromatic carbocycles. The summed E-state index contributed by atoms with van der Waals surface area (Å²) in [5.74, 6) is 0.557. The van der Waals surface area contributed by atoms with Gasteiger partial charge in [-0.05, 0) is 38.5 Å². The Hall–Kier alpha value is -2.03. The lowest BCUT2D eigenvalue weighted by Gasteiger charge is -2.27. The lowest BCUT2D eigenvalue weighted by Crippen LogP contribution is -2.36. The normalized spacial score (nSPS) is 13.8. The lowest BCUT2D eigenvalue weighted by molar-refractivity contribution is -0.149. The Kier molecular flexibility index (Phi) is 4.28. The quantitative estimate of drug-likeness (QED) is 0.780. The van der Waals surface area contributed by atoms with Crippen LogP contribution in [0.15, 0.2) is 47.1 Å². The van der Waals surface area contributed by atoms with E-state index in [0.29, 0.717) is 13.0 Å². The molecule has 0 aliphatic carbocycles. The Morgan fingerprint density at radius 3 is 2.50 bits per heavy atom. The van der Waals surface area contributed by atoms with Crippen molar-refractivity contribution in [2.75, 3.05) is 6.61 Å². The van der Waals surface area contributed by atoms with Gasteiger partial charge in [0.2, 0.25) is 0 Å². The van der Waals surface area contributed by atoms with Gasteiger partial charge < -0.3 is 9.15 Å². The SMILES string of the molecule is CCOC(=O)C(C)(Cc1ccco1)c1ccc(C)cc1. The predicted octanol–water partition coefficient (Wildman–Crippen LogP) is 3.65. The smallest absolute Gasteiger partial charge is 0.316 e. The number of benzene rings is 1. The average molecular weight is 272 g/mol. The maximum Gasteiger partial charge on any atom is 0.316 e. The number of furan rings is 1. The van der Waals surface area contributed by atoms with E-state index in [1.54, 1.807) is 6.26 Å². The van der Waals surface area contributed by atoms with Crippen molar-refractivity contribution in [2.45, 2.75) is 32.6 Å². The minimum Gasteiger partial charge on any atom is -0.469 e. The molecule has 2 rings (SSSR count). The second-order valence-corrected chi connectivity index (χ2v) is 5.17. The van der Waals surface area contributed by atoms with E-state index in [9.17, 15) is 4.79 Å². The maximum atomic E-state index is 12.4. The van der Waals surface area contributed by atoms with Crippen LogP contribution in [-0.4, -0.2) is 12.6 Å². The van der Waals surface area contributed by atoms with E-state index in [1.165, 1.54) is 0 Å². The Morgan fingerprint density at radius 1 is 1.25 bits per heavy atom. The molecule has 0 bridgehead atoms. The fourth-order valence-corrected chi connectivity index (χ4v) is 2.27. The zero-order valence-corrected chi connectivity index (χ0v) is 12.2. The largest absolute Gasteiger partial charge is 0.469 e. The first-order valence-electron chi connectivity index (χ1n) is 6.83. The van der Waals surface area contributed by atoms with Gasteiger partial charge in [0.05, 0.1) is 18.3 Å². The minimum atomic E-state index is -0.735. The number of ether oxygens (including phenoxy) is 1. The summed E-state index contributed by atoms with van der Waals surface area (Å²) < 4.78 is 10.7. The first kappa shape index (κ1) is 14.4. The fraction of sp³-hybridized carbons (Fsp3) is 0.353. The first-order valence-corrected chi connectivity index (χ1v) is 6.83. The Bertz CT molecular complexity index is 554. The third kappa shape index (κ3) is 2.93. The Labute approximate surface area is 119 Å². The first-order chi connectivity index (χ1) is 9.56. The molecule has 1 aromatic heterocycles. The van der Waals surface area contributed by atoms with E-state index < -0.39 is 5.41 Å². The molecule has 106 valence electrons. The van der Waals surface area contributed by atoms with Crippen LogP contribution in [0.5, 0.6) is 0 Å². The van der Waals surface area contributed by atoms with Gasteiger partial charge in [-0.2, -0.15) is 0 Å². The Balaban J connectivity index is 2.37. The highest BCUT2D eigenvalue weighted by Crippen LogP contribution is 2.30. The van der Waals surface area contributed by atoms with Crippen LogP contribution in [0.4, 0.5) is 0 Å². The summed E-state index contributed by atoms with van der Waals surface area (Å²) in [6.45, 7) is 6.12.